The number of nitrogens with zero attached hydrogens (tertiary/aromatic N) is 1. The third-order valence-electron chi connectivity index (χ3n) is 3.00. The number of hydrogen-bond acceptors (Lipinski definition) is 6. The summed E-state index contributed by atoms with van der Waals surface area (Å²) in [5.74, 6) is -1.86. The molecule has 9 heteroatoms. The fourth-order valence-corrected chi connectivity index (χ4v) is 4.17. The van der Waals surface area contributed by atoms with Crippen molar-refractivity contribution in [1.29, 1.82) is 0 Å². The van der Waals surface area contributed by atoms with Crippen LogP contribution in [0.1, 0.15) is 6.92 Å². The monoisotopic (exact) mass is 365 g/mol. The first-order valence-corrected chi connectivity index (χ1v) is 7.45. The molecule has 0 spiro atoms. The highest BCUT2D eigenvalue weighted by Gasteiger charge is 2.64. The van der Waals surface area contributed by atoms with Crippen LogP contribution < -0.4 is 0 Å². The Bertz CT molecular complexity index is 521. The smallest absolute Gasteiger partial charge is 0.352 e. The van der Waals surface area contributed by atoms with Gasteiger partial charge in [-0.2, -0.15) is 0 Å². The predicted molar refractivity (Wildman–Crippen MR) is 73.1 cm³/mol. The first-order chi connectivity index (χ1) is 9.32. The Morgan fingerprint density at radius 3 is 2.75 bits per heavy atom. The van der Waals surface area contributed by atoms with Crippen molar-refractivity contribution in [3.63, 3.8) is 0 Å². The van der Waals surface area contributed by atoms with Crippen molar-refractivity contribution < 1.29 is 29.0 Å². The Kier molecular flexibility index (Phi) is 4.12. The molecule has 2 aliphatic rings. The molecular formula is C11H12BrNO6S. The molecule has 7 nitrogen and oxygen atoms in total. The molecule has 20 heavy (non-hydrogen) atoms. The van der Waals surface area contributed by atoms with Crippen molar-refractivity contribution in [3.05, 3.63) is 11.3 Å². The Morgan fingerprint density at radius 1 is 1.60 bits per heavy atom. The first-order valence-electron chi connectivity index (χ1n) is 5.61. The molecule has 110 valence electrons. The van der Waals surface area contributed by atoms with Crippen LogP contribution in [-0.4, -0.2) is 57.2 Å². The van der Waals surface area contributed by atoms with Gasteiger partial charge in [0.2, 0.25) is 4.51 Å². The number of alkyl halides is 1. The van der Waals surface area contributed by atoms with E-state index in [1.165, 1.54) is 25.8 Å². The van der Waals surface area contributed by atoms with E-state index in [9.17, 15) is 19.5 Å². The van der Waals surface area contributed by atoms with Crippen LogP contribution in [0.4, 0.5) is 0 Å². The summed E-state index contributed by atoms with van der Waals surface area (Å²) in [6.07, 6.45) is 0. The molecule has 2 atom stereocenters. The zero-order valence-corrected chi connectivity index (χ0v) is 13.1. The van der Waals surface area contributed by atoms with E-state index < -0.39 is 27.7 Å². The molecule has 2 aliphatic heterocycles. The molecule has 1 saturated heterocycles. The third-order valence-corrected chi connectivity index (χ3v) is 5.78. The molecule has 2 heterocycles. The summed E-state index contributed by atoms with van der Waals surface area (Å²) in [6.45, 7) is 1.10. The highest BCUT2D eigenvalue weighted by molar-refractivity contribution is 9.10. The SMILES string of the molecule is COC1(Br)C(=O)N2C(C(=O)O)=C(COC(C)=O)CS[C@@H]21. The fourth-order valence-electron chi connectivity index (χ4n) is 2.04. The molecular weight excluding hydrogens is 354 g/mol. The number of carbonyl (C=O) groups excluding carboxylic acids is 2. The van der Waals surface area contributed by atoms with E-state index in [1.54, 1.807) is 0 Å². The second-order valence-electron chi connectivity index (χ2n) is 4.23. The van der Waals surface area contributed by atoms with Crippen LogP contribution in [0, 0.1) is 0 Å². The van der Waals surface area contributed by atoms with E-state index in [-0.39, 0.29) is 12.3 Å². The number of carbonyl (C=O) groups is 3. The first kappa shape index (κ1) is 15.3. The largest absolute Gasteiger partial charge is 0.477 e. The fraction of sp³-hybridized carbons (Fsp3) is 0.545. The van der Waals surface area contributed by atoms with Gasteiger partial charge in [0, 0.05) is 25.4 Å². The number of halogens is 1. The standard InChI is InChI=1S/C11H12BrNO6S/c1-5(14)19-3-6-4-20-10-11(12,18-2)9(17)13(10)7(6)8(15)16/h10H,3-4H2,1-2H3,(H,15,16)/t10-,11?/m1/s1. The van der Waals surface area contributed by atoms with Crippen LogP contribution in [-0.2, 0) is 23.9 Å². The van der Waals surface area contributed by atoms with Crippen molar-refractivity contribution in [2.75, 3.05) is 19.5 Å². The minimum absolute atomic E-state index is 0.132. The van der Waals surface area contributed by atoms with Gasteiger partial charge in [0.25, 0.3) is 5.91 Å². The normalized spacial score (nSPS) is 28.9. The summed E-state index contributed by atoms with van der Waals surface area (Å²) >= 11 is 4.55. The van der Waals surface area contributed by atoms with Crippen LogP contribution in [0.5, 0.6) is 0 Å². The minimum Gasteiger partial charge on any atom is -0.477 e. The number of β-lactam (4-membered cyclic amide) rings is 1. The lowest BCUT2D eigenvalue weighted by atomic mass is 10.1. The van der Waals surface area contributed by atoms with Gasteiger partial charge in [0.05, 0.1) is 0 Å². The maximum absolute atomic E-state index is 12.1. The average molecular weight is 366 g/mol. The number of hydrogen-bond donors (Lipinski definition) is 1. The predicted octanol–water partition coefficient (Wildman–Crippen LogP) is 0.541. The summed E-state index contributed by atoms with van der Waals surface area (Å²) in [4.78, 5) is 35.5. The molecule has 1 amide bonds. The minimum atomic E-state index is -1.23. The number of thioether (sulfide) groups is 1. The van der Waals surface area contributed by atoms with Gasteiger partial charge < -0.3 is 14.6 Å². The van der Waals surface area contributed by atoms with Gasteiger partial charge in [0.15, 0.2) is 0 Å². The van der Waals surface area contributed by atoms with Crippen molar-refractivity contribution in [2.45, 2.75) is 16.8 Å². The Labute approximate surface area is 127 Å². The molecule has 0 radical (unpaired) electrons. The Balaban J connectivity index is 2.31. The zero-order valence-electron chi connectivity index (χ0n) is 10.7. The number of esters is 1. The summed E-state index contributed by atoms with van der Waals surface area (Å²) in [5.41, 5.74) is 0.264. The molecule has 0 aromatic carbocycles. The second-order valence-corrected chi connectivity index (χ2v) is 6.47. The number of aliphatic carboxylic acids is 1. The van der Waals surface area contributed by atoms with Crippen LogP contribution in [0.25, 0.3) is 0 Å². The van der Waals surface area contributed by atoms with Gasteiger partial charge in [-0.05, 0) is 15.9 Å². The maximum atomic E-state index is 12.1. The summed E-state index contributed by atoms with van der Waals surface area (Å²) in [6, 6.07) is 0. The molecule has 0 aromatic rings. The number of ether oxygens (including phenoxy) is 2. The van der Waals surface area contributed by atoms with Crippen LogP contribution in [0.3, 0.4) is 0 Å². The quantitative estimate of drug-likeness (QED) is 0.441. The Hall–Kier alpha value is -1.06. The van der Waals surface area contributed by atoms with E-state index in [4.69, 9.17) is 9.47 Å². The average Bonchev–Trinajstić information content (AvgIpc) is 2.42. The number of fused-ring (bicyclic) bond motifs is 1. The molecule has 2 rings (SSSR count). The zero-order chi connectivity index (χ0) is 15.1. The second kappa shape index (κ2) is 5.38. The van der Waals surface area contributed by atoms with E-state index >= 15 is 0 Å². The van der Waals surface area contributed by atoms with E-state index in [1.807, 2.05) is 0 Å². The highest BCUT2D eigenvalue weighted by Crippen LogP contribution is 2.50. The van der Waals surface area contributed by atoms with Crippen LogP contribution >= 0.6 is 27.7 Å². The van der Waals surface area contributed by atoms with Crippen molar-refractivity contribution in [2.24, 2.45) is 0 Å². The molecule has 0 bridgehead atoms. The van der Waals surface area contributed by atoms with Crippen molar-refractivity contribution in [1.82, 2.24) is 4.90 Å². The van der Waals surface area contributed by atoms with Crippen LogP contribution in [0.15, 0.2) is 11.3 Å². The topological polar surface area (TPSA) is 93.1 Å². The third kappa shape index (κ3) is 2.23. The van der Waals surface area contributed by atoms with Crippen molar-refractivity contribution >= 4 is 45.5 Å². The van der Waals surface area contributed by atoms with Gasteiger partial charge in [-0.3, -0.25) is 14.5 Å². The van der Waals surface area contributed by atoms with Gasteiger partial charge in [0.1, 0.15) is 17.7 Å². The summed E-state index contributed by atoms with van der Waals surface area (Å²) in [5, 5.41) is 8.85. The van der Waals surface area contributed by atoms with Crippen LogP contribution in [0.2, 0.25) is 0 Å². The number of methoxy groups -OCH3 is 1. The molecule has 1 N–H and O–H groups in total. The number of carboxylic acids is 1. The van der Waals surface area contributed by atoms with E-state index in [2.05, 4.69) is 15.9 Å². The van der Waals surface area contributed by atoms with Gasteiger partial charge in [-0.1, -0.05) is 0 Å². The van der Waals surface area contributed by atoms with Crippen molar-refractivity contribution in [3.8, 4) is 0 Å². The van der Waals surface area contributed by atoms with Gasteiger partial charge in [-0.25, -0.2) is 4.79 Å². The van der Waals surface area contributed by atoms with E-state index in [0.29, 0.717) is 11.3 Å². The lowest BCUT2D eigenvalue weighted by Crippen LogP contribution is -2.71. The lowest BCUT2D eigenvalue weighted by Gasteiger charge is -2.53. The number of amides is 1. The molecule has 0 aromatic heterocycles. The molecule has 1 unspecified atom stereocenters. The summed E-state index contributed by atoms with van der Waals surface area (Å²) < 4.78 is 8.76. The number of carboxylic acid groups (broad SMARTS) is 1. The number of rotatable bonds is 4. The van der Waals surface area contributed by atoms with Gasteiger partial charge in [-0.15, -0.1) is 11.8 Å². The molecule has 0 aliphatic carbocycles. The molecule has 1 fully saturated rings. The maximum Gasteiger partial charge on any atom is 0.352 e. The lowest BCUT2D eigenvalue weighted by molar-refractivity contribution is -0.166. The Morgan fingerprint density at radius 2 is 2.25 bits per heavy atom. The van der Waals surface area contributed by atoms with Gasteiger partial charge >= 0.3 is 11.9 Å². The summed E-state index contributed by atoms with van der Waals surface area (Å²) in [7, 11) is 1.38. The van der Waals surface area contributed by atoms with E-state index in [0.717, 1.165) is 4.90 Å². The highest BCUT2D eigenvalue weighted by atomic mass is 79.9. The molecule has 0 saturated carbocycles.